The van der Waals surface area contributed by atoms with E-state index in [-0.39, 0.29) is 22.9 Å². The van der Waals surface area contributed by atoms with E-state index >= 15 is 0 Å². The van der Waals surface area contributed by atoms with Crippen LogP contribution in [0.15, 0.2) is 65.6 Å². The smallest absolute Gasteiger partial charge is 0.263 e. The number of hydrogen-bond donors (Lipinski definition) is 2. The summed E-state index contributed by atoms with van der Waals surface area (Å²) in [5.74, 6) is -0.445. The van der Waals surface area contributed by atoms with Crippen LogP contribution in [0.4, 0.5) is 5.69 Å². The quantitative estimate of drug-likeness (QED) is 0.612. The first-order valence-electron chi connectivity index (χ1n) is 11.1. The Labute approximate surface area is 193 Å². The van der Waals surface area contributed by atoms with E-state index in [0.717, 1.165) is 22.4 Å². The molecular weight excluding hydrogens is 416 g/mol. The third-order valence-corrected chi connectivity index (χ3v) is 6.11. The number of hydrogen-bond acceptors (Lipinski definition) is 4. The molecule has 7 nitrogen and oxygen atoms in total. The molecule has 0 saturated heterocycles. The van der Waals surface area contributed by atoms with Gasteiger partial charge in [0.1, 0.15) is 5.56 Å². The minimum Gasteiger partial charge on any atom is -0.388 e. The van der Waals surface area contributed by atoms with Crippen LogP contribution in [0.2, 0.25) is 0 Å². The molecule has 2 amide bonds. The third kappa shape index (κ3) is 4.67. The Morgan fingerprint density at radius 3 is 2.39 bits per heavy atom. The van der Waals surface area contributed by atoms with Crippen molar-refractivity contribution in [3.8, 4) is 0 Å². The van der Waals surface area contributed by atoms with E-state index in [2.05, 4.69) is 10.6 Å². The highest BCUT2D eigenvalue weighted by Gasteiger charge is 2.28. The average Bonchev–Trinajstić information content (AvgIpc) is 2.87. The number of rotatable bonds is 6. The van der Waals surface area contributed by atoms with Crippen LogP contribution < -0.4 is 16.2 Å². The summed E-state index contributed by atoms with van der Waals surface area (Å²) in [6.07, 6.45) is 2.96. The summed E-state index contributed by atoms with van der Waals surface area (Å²) in [4.78, 5) is 40.7. The second kappa shape index (κ2) is 9.73. The largest absolute Gasteiger partial charge is 0.388 e. The minimum atomic E-state index is -0.382. The maximum atomic E-state index is 13.2. The van der Waals surface area contributed by atoms with E-state index < -0.39 is 0 Å². The van der Waals surface area contributed by atoms with Crippen LogP contribution in [0, 0.1) is 0 Å². The van der Waals surface area contributed by atoms with Crippen molar-refractivity contribution < 1.29 is 9.59 Å². The third-order valence-electron chi connectivity index (χ3n) is 6.11. The van der Waals surface area contributed by atoms with Crippen molar-refractivity contribution >= 4 is 17.5 Å². The molecule has 0 saturated carbocycles. The molecule has 170 valence electrons. The van der Waals surface area contributed by atoms with Gasteiger partial charge >= 0.3 is 0 Å². The summed E-state index contributed by atoms with van der Waals surface area (Å²) in [7, 11) is 3.36. The lowest BCUT2D eigenvalue weighted by Gasteiger charge is -2.30. The molecular formula is C26H28N4O3. The van der Waals surface area contributed by atoms with E-state index in [0.29, 0.717) is 38.0 Å². The van der Waals surface area contributed by atoms with E-state index in [1.807, 2.05) is 55.7 Å². The lowest BCUT2D eigenvalue weighted by atomic mass is 9.95. The van der Waals surface area contributed by atoms with Crippen molar-refractivity contribution in [2.24, 2.45) is 0 Å². The molecule has 0 atom stereocenters. The Bertz CT molecular complexity index is 1220. The molecule has 33 heavy (non-hydrogen) atoms. The normalized spacial score (nSPS) is 12.7. The van der Waals surface area contributed by atoms with Gasteiger partial charge in [0.2, 0.25) is 0 Å². The van der Waals surface area contributed by atoms with Crippen LogP contribution in [0.1, 0.15) is 37.4 Å². The first-order chi connectivity index (χ1) is 16.0. The van der Waals surface area contributed by atoms with Gasteiger partial charge in [-0.3, -0.25) is 14.4 Å². The SMILES string of the molecule is CNC(=O)c1c2c(cn(CCc3ccccc3)c1=O)CN(C(=O)c1ccc(NC)cc1)CC2. The van der Waals surface area contributed by atoms with Crippen LogP contribution >= 0.6 is 0 Å². The standard InChI is InChI=1S/C26H28N4O3/c1-27-21-10-8-19(9-11-21)25(32)29-15-13-22-20(16-29)17-30(26(33)23(22)24(31)28-2)14-12-18-6-4-3-5-7-18/h3-11,17,27H,12-16H2,1-2H3,(H,28,31). The lowest BCUT2D eigenvalue weighted by Crippen LogP contribution is -2.41. The topological polar surface area (TPSA) is 83.4 Å². The number of fused-ring (bicyclic) bond motifs is 1. The number of nitrogens with zero attached hydrogens (tertiary/aromatic N) is 2. The molecule has 7 heteroatoms. The van der Waals surface area contributed by atoms with Gasteiger partial charge in [0.05, 0.1) is 0 Å². The Morgan fingerprint density at radius 1 is 1.00 bits per heavy atom. The van der Waals surface area contributed by atoms with Crippen molar-refractivity contribution in [2.45, 2.75) is 25.9 Å². The summed E-state index contributed by atoms with van der Waals surface area (Å²) in [5, 5.41) is 5.65. The number of anilines is 1. The average molecular weight is 445 g/mol. The predicted molar refractivity (Wildman–Crippen MR) is 129 cm³/mol. The number of nitrogens with one attached hydrogen (secondary N) is 2. The Kier molecular flexibility index (Phi) is 6.58. The number of carbonyl (C=O) groups is 2. The maximum absolute atomic E-state index is 13.2. The maximum Gasteiger partial charge on any atom is 0.263 e. The molecule has 3 aromatic rings. The summed E-state index contributed by atoms with van der Waals surface area (Å²) < 4.78 is 1.60. The van der Waals surface area contributed by atoms with Gasteiger partial charge in [0.25, 0.3) is 17.4 Å². The molecule has 2 heterocycles. The van der Waals surface area contributed by atoms with Crippen molar-refractivity contribution in [3.05, 3.63) is 99.0 Å². The fourth-order valence-corrected chi connectivity index (χ4v) is 4.27. The zero-order valence-electron chi connectivity index (χ0n) is 18.9. The molecule has 0 spiro atoms. The highest BCUT2D eigenvalue weighted by molar-refractivity contribution is 5.96. The van der Waals surface area contributed by atoms with Crippen LogP contribution in [0.3, 0.4) is 0 Å². The Hall–Kier alpha value is -3.87. The highest BCUT2D eigenvalue weighted by Crippen LogP contribution is 2.23. The number of carbonyl (C=O) groups excluding carboxylic acids is 2. The zero-order chi connectivity index (χ0) is 23.4. The van der Waals surface area contributed by atoms with Crippen molar-refractivity contribution in [1.29, 1.82) is 0 Å². The number of aryl methyl sites for hydroxylation is 2. The Balaban J connectivity index is 1.64. The van der Waals surface area contributed by atoms with Gasteiger partial charge in [-0.1, -0.05) is 30.3 Å². The summed E-state index contributed by atoms with van der Waals surface area (Å²) >= 11 is 0. The fourth-order valence-electron chi connectivity index (χ4n) is 4.27. The Morgan fingerprint density at radius 2 is 1.73 bits per heavy atom. The molecule has 0 radical (unpaired) electrons. The monoisotopic (exact) mass is 444 g/mol. The molecule has 0 bridgehead atoms. The molecule has 1 aliphatic heterocycles. The van der Waals surface area contributed by atoms with Crippen molar-refractivity contribution in [1.82, 2.24) is 14.8 Å². The van der Waals surface area contributed by atoms with Crippen LogP contribution in [0.25, 0.3) is 0 Å². The van der Waals surface area contributed by atoms with Gasteiger partial charge in [0.15, 0.2) is 0 Å². The molecule has 0 unspecified atom stereocenters. The lowest BCUT2D eigenvalue weighted by molar-refractivity contribution is 0.0734. The number of amides is 2. The van der Waals surface area contributed by atoms with E-state index in [4.69, 9.17) is 0 Å². The molecule has 4 rings (SSSR count). The molecule has 1 aliphatic rings. The minimum absolute atomic E-state index is 0.0631. The predicted octanol–water partition coefficient (Wildman–Crippen LogP) is 2.69. The molecule has 0 fully saturated rings. The zero-order valence-corrected chi connectivity index (χ0v) is 18.9. The number of benzene rings is 2. The fraction of sp³-hybridized carbons (Fsp3) is 0.269. The second-order valence-electron chi connectivity index (χ2n) is 8.13. The van der Waals surface area contributed by atoms with E-state index in [1.165, 1.54) is 7.05 Å². The van der Waals surface area contributed by atoms with E-state index in [1.54, 1.807) is 21.6 Å². The van der Waals surface area contributed by atoms with Crippen molar-refractivity contribution in [3.63, 3.8) is 0 Å². The van der Waals surface area contributed by atoms with Gasteiger partial charge in [-0.05, 0) is 53.8 Å². The van der Waals surface area contributed by atoms with Gasteiger partial charge < -0.3 is 20.1 Å². The van der Waals surface area contributed by atoms with Gasteiger partial charge in [-0.25, -0.2) is 0 Å². The second-order valence-corrected chi connectivity index (χ2v) is 8.13. The van der Waals surface area contributed by atoms with Gasteiger partial charge in [0, 0.05) is 51.2 Å². The molecule has 1 aromatic heterocycles. The summed E-state index contributed by atoms with van der Waals surface area (Å²) in [6, 6.07) is 17.3. The number of pyridine rings is 1. The molecule has 2 aromatic carbocycles. The first kappa shape index (κ1) is 22.3. The highest BCUT2D eigenvalue weighted by atomic mass is 16.2. The van der Waals surface area contributed by atoms with Gasteiger partial charge in [-0.15, -0.1) is 0 Å². The molecule has 0 aliphatic carbocycles. The van der Waals surface area contributed by atoms with Crippen LogP contribution in [0.5, 0.6) is 0 Å². The van der Waals surface area contributed by atoms with Crippen LogP contribution in [-0.4, -0.2) is 41.9 Å². The van der Waals surface area contributed by atoms with Crippen molar-refractivity contribution in [2.75, 3.05) is 26.0 Å². The van der Waals surface area contributed by atoms with Gasteiger partial charge in [-0.2, -0.15) is 0 Å². The van der Waals surface area contributed by atoms with E-state index in [9.17, 15) is 14.4 Å². The summed E-state index contributed by atoms with van der Waals surface area (Å²) in [6.45, 7) is 1.27. The van der Waals surface area contributed by atoms with Crippen LogP contribution in [-0.2, 0) is 25.9 Å². The summed E-state index contributed by atoms with van der Waals surface area (Å²) in [5.41, 5.74) is 4.15. The first-order valence-corrected chi connectivity index (χ1v) is 11.1. The molecule has 2 N–H and O–H groups in total. The number of aromatic nitrogens is 1.